The minimum atomic E-state index is 0. The van der Waals surface area contributed by atoms with E-state index in [0.29, 0.717) is 12.3 Å². The minimum absolute atomic E-state index is 0. The average molecular weight is 221 g/mol. The zero-order chi connectivity index (χ0) is 7.68. The lowest BCUT2D eigenvalue weighted by atomic mass is 10.3. The van der Waals surface area contributed by atoms with Gasteiger partial charge in [0.1, 0.15) is 5.76 Å². The number of hydrogen-bond acceptors (Lipinski definition) is 3. The third-order valence-electron chi connectivity index (χ3n) is 1.55. The summed E-state index contributed by atoms with van der Waals surface area (Å²) in [6, 6.07) is 5.73. The highest BCUT2D eigenvalue weighted by Crippen LogP contribution is 2.15. The normalized spacial score (nSPS) is 9.00. The Balaban J connectivity index is 0.000000720. The van der Waals surface area contributed by atoms with Gasteiger partial charge in [0.05, 0.1) is 6.54 Å². The Morgan fingerprint density at radius 1 is 1.38 bits per heavy atom. The van der Waals surface area contributed by atoms with Crippen LogP contribution in [0, 0.1) is 0 Å². The average Bonchev–Trinajstić information content (AvgIpc) is 2.46. The summed E-state index contributed by atoms with van der Waals surface area (Å²) in [6.45, 7) is 0.427. The number of pyridine rings is 1. The fraction of sp³-hybridized carbons (Fsp3) is 0.125. The maximum atomic E-state index is 5.39. The van der Waals surface area contributed by atoms with Crippen molar-refractivity contribution in [3.8, 4) is 0 Å². The van der Waals surface area contributed by atoms with E-state index in [4.69, 9.17) is 10.2 Å². The van der Waals surface area contributed by atoms with Crippen LogP contribution in [0.4, 0.5) is 0 Å². The molecule has 0 aromatic carbocycles. The van der Waals surface area contributed by atoms with Crippen LogP contribution in [-0.4, -0.2) is 4.98 Å². The predicted octanol–water partition coefficient (Wildman–Crippen LogP) is 2.13. The molecule has 2 rings (SSSR count). The van der Waals surface area contributed by atoms with Crippen LogP contribution in [-0.2, 0) is 6.54 Å². The number of rotatable bonds is 1. The fourth-order valence-corrected chi connectivity index (χ4v) is 1.03. The molecular weight excluding hydrogens is 211 g/mol. The van der Waals surface area contributed by atoms with Gasteiger partial charge in [-0.3, -0.25) is 0 Å². The number of nitrogens with zero attached hydrogens (tertiary/aromatic N) is 1. The number of fused-ring (bicyclic) bond motifs is 1. The number of furan rings is 1. The molecule has 0 radical (unpaired) electrons. The lowest BCUT2D eigenvalue weighted by Gasteiger charge is -1.83. The Bertz CT molecular complexity index is 342. The van der Waals surface area contributed by atoms with Crippen molar-refractivity contribution in [1.29, 1.82) is 0 Å². The minimum Gasteiger partial charge on any atom is -0.441 e. The Kier molecular flexibility index (Phi) is 4.77. The van der Waals surface area contributed by atoms with E-state index in [1.807, 2.05) is 18.2 Å². The van der Waals surface area contributed by atoms with E-state index in [9.17, 15) is 0 Å². The van der Waals surface area contributed by atoms with Gasteiger partial charge >= 0.3 is 0 Å². The largest absolute Gasteiger partial charge is 0.441 e. The Labute approximate surface area is 88.1 Å². The molecule has 0 saturated carbocycles. The number of nitrogens with two attached hydrogens (primary N) is 1. The number of aromatic nitrogens is 1. The lowest BCUT2D eigenvalue weighted by molar-refractivity contribution is 0.543. The van der Waals surface area contributed by atoms with E-state index in [0.717, 1.165) is 11.1 Å². The van der Waals surface area contributed by atoms with Gasteiger partial charge in [-0.1, -0.05) is 0 Å². The predicted molar refractivity (Wildman–Crippen MR) is 56.4 cm³/mol. The summed E-state index contributed by atoms with van der Waals surface area (Å²) in [5.74, 6) is 0.777. The highest BCUT2D eigenvalue weighted by Gasteiger charge is 2.00. The Morgan fingerprint density at radius 3 is 2.77 bits per heavy atom. The molecule has 0 atom stereocenters. The van der Waals surface area contributed by atoms with Crippen LogP contribution in [0.3, 0.4) is 0 Å². The van der Waals surface area contributed by atoms with Gasteiger partial charge in [0.2, 0.25) is 5.71 Å². The third kappa shape index (κ3) is 2.34. The van der Waals surface area contributed by atoms with E-state index >= 15 is 0 Å². The lowest BCUT2D eigenvalue weighted by Crippen LogP contribution is -1.92. The van der Waals surface area contributed by atoms with Crippen molar-refractivity contribution in [1.82, 2.24) is 4.98 Å². The second-order valence-electron chi connectivity index (χ2n) is 2.31. The van der Waals surface area contributed by atoms with Gasteiger partial charge < -0.3 is 10.2 Å². The highest BCUT2D eigenvalue weighted by molar-refractivity contribution is 5.85. The van der Waals surface area contributed by atoms with Gasteiger partial charge in [-0.2, -0.15) is 0 Å². The van der Waals surface area contributed by atoms with Gasteiger partial charge in [-0.15, -0.1) is 24.8 Å². The first-order chi connectivity index (χ1) is 5.40. The van der Waals surface area contributed by atoms with Crippen LogP contribution in [0.1, 0.15) is 5.76 Å². The summed E-state index contributed by atoms with van der Waals surface area (Å²) in [4.78, 5) is 4.03. The van der Waals surface area contributed by atoms with E-state index in [1.165, 1.54) is 0 Å². The second kappa shape index (κ2) is 5.07. The van der Waals surface area contributed by atoms with Gasteiger partial charge in [0, 0.05) is 11.6 Å². The molecule has 0 spiro atoms. The summed E-state index contributed by atoms with van der Waals surface area (Å²) in [5.41, 5.74) is 6.05. The van der Waals surface area contributed by atoms with Crippen LogP contribution >= 0.6 is 24.8 Å². The SMILES string of the molecule is Cl.Cl.NCc1cc2cccnc2o1. The molecule has 2 heterocycles. The van der Waals surface area contributed by atoms with Crippen LogP contribution in [0.15, 0.2) is 28.8 Å². The van der Waals surface area contributed by atoms with Gasteiger partial charge in [0.15, 0.2) is 0 Å². The van der Waals surface area contributed by atoms with Gasteiger partial charge in [-0.05, 0) is 18.2 Å². The summed E-state index contributed by atoms with van der Waals surface area (Å²) in [7, 11) is 0. The second-order valence-corrected chi connectivity index (χ2v) is 2.31. The molecule has 0 amide bonds. The first-order valence-corrected chi connectivity index (χ1v) is 3.43. The van der Waals surface area contributed by atoms with Crippen molar-refractivity contribution in [2.45, 2.75) is 6.54 Å². The molecule has 0 aliphatic heterocycles. The number of halogens is 2. The monoisotopic (exact) mass is 220 g/mol. The van der Waals surface area contributed by atoms with Crippen LogP contribution in [0.5, 0.6) is 0 Å². The van der Waals surface area contributed by atoms with Crippen molar-refractivity contribution in [2.24, 2.45) is 5.73 Å². The molecule has 0 bridgehead atoms. The van der Waals surface area contributed by atoms with E-state index in [1.54, 1.807) is 6.20 Å². The molecular formula is C8H10Cl2N2O. The van der Waals surface area contributed by atoms with Crippen LogP contribution < -0.4 is 5.73 Å². The van der Waals surface area contributed by atoms with E-state index < -0.39 is 0 Å². The zero-order valence-corrected chi connectivity index (χ0v) is 8.40. The Morgan fingerprint density at radius 2 is 2.15 bits per heavy atom. The molecule has 0 fully saturated rings. The van der Waals surface area contributed by atoms with Crippen molar-refractivity contribution < 1.29 is 4.42 Å². The fourth-order valence-electron chi connectivity index (χ4n) is 1.03. The first-order valence-electron chi connectivity index (χ1n) is 3.43. The Hall–Kier alpha value is -0.770. The summed E-state index contributed by atoms with van der Waals surface area (Å²) < 4.78 is 5.28. The van der Waals surface area contributed by atoms with Gasteiger partial charge in [-0.25, -0.2) is 4.98 Å². The van der Waals surface area contributed by atoms with Crippen molar-refractivity contribution >= 4 is 35.9 Å². The summed E-state index contributed by atoms with van der Waals surface area (Å²) in [6.07, 6.45) is 1.70. The molecule has 3 nitrogen and oxygen atoms in total. The van der Waals surface area contributed by atoms with Crippen molar-refractivity contribution in [3.05, 3.63) is 30.2 Å². The van der Waals surface area contributed by atoms with E-state index in [2.05, 4.69) is 4.98 Å². The molecule has 0 aliphatic carbocycles. The maximum absolute atomic E-state index is 5.39. The molecule has 5 heteroatoms. The molecule has 2 N–H and O–H groups in total. The molecule has 2 aromatic rings. The molecule has 72 valence electrons. The first kappa shape index (κ1) is 12.2. The maximum Gasteiger partial charge on any atom is 0.226 e. The van der Waals surface area contributed by atoms with E-state index in [-0.39, 0.29) is 24.8 Å². The molecule has 13 heavy (non-hydrogen) atoms. The topological polar surface area (TPSA) is 52.0 Å². The number of hydrogen-bond donors (Lipinski definition) is 1. The quantitative estimate of drug-likeness (QED) is 0.802. The zero-order valence-electron chi connectivity index (χ0n) is 6.77. The summed E-state index contributed by atoms with van der Waals surface area (Å²) >= 11 is 0. The van der Waals surface area contributed by atoms with Crippen LogP contribution in [0.25, 0.3) is 11.1 Å². The third-order valence-corrected chi connectivity index (χ3v) is 1.55. The van der Waals surface area contributed by atoms with Crippen molar-refractivity contribution in [3.63, 3.8) is 0 Å². The summed E-state index contributed by atoms with van der Waals surface area (Å²) in [5, 5.41) is 1.01. The van der Waals surface area contributed by atoms with Crippen molar-refractivity contribution in [2.75, 3.05) is 0 Å². The van der Waals surface area contributed by atoms with Gasteiger partial charge in [0.25, 0.3) is 0 Å². The molecule has 0 unspecified atom stereocenters. The van der Waals surface area contributed by atoms with Crippen LogP contribution in [0.2, 0.25) is 0 Å². The molecule has 2 aromatic heterocycles. The molecule has 0 saturated heterocycles. The smallest absolute Gasteiger partial charge is 0.226 e. The highest BCUT2D eigenvalue weighted by atomic mass is 35.5. The molecule has 0 aliphatic rings. The standard InChI is InChI=1S/C8H8N2O.2ClH/c9-5-7-4-6-2-1-3-10-8(6)11-7;;/h1-4H,5,9H2;2*1H.